The normalized spacial score (nSPS) is 12.6. The smallest absolute Gasteiger partial charge is 0.164 e. The van der Waals surface area contributed by atoms with Crippen molar-refractivity contribution >= 4 is 21.5 Å². The lowest BCUT2D eigenvalue weighted by Crippen LogP contribution is -2.29. The average Bonchev–Trinajstić information content (AvgIpc) is 3.67. The molecule has 12 rings (SSSR count). The molecule has 0 saturated heterocycles. The van der Waals surface area contributed by atoms with Crippen LogP contribution in [0.1, 0.15) is 22.4 Å². The molecule has 0 bridgehead atoms. The lowest BCUT2D eigenvalue weighted by Gasteiger charge is -2.32. The monoisotopic (exact) mass is 803 g/mol. The molecule has 63 heavy (non-hydrogen) atoms. The Morgan fingerprint density at radius 3 is 1.19 bits per heavy atom. The van der Waals surface area contributed by atoms with Crippen molar-refractivity contribution in [2.24, 2.45) is 0 Å². The van der Waals surface area contributed by atoms with E-state index in [4.69, 9.17) is 24.9 Å². The van der Waals surface area contributed by atoms with Gasteiger partial charge in [0.25, 0.3) is 0 Å². The van der Waals surface area contributed by atoms with Gasteiger partial charge in [0, 0.05) is 34.0 Å². The summed E-state index contributed by atoms with van der Waals surface area (Å²) >= 11 is 0. The van der Waals surface area contributed by atoms with E-state index in [0.717, 1.165) is 71.7 Å². The fourth-order valence-electron chi connectivity index (χ4n) is 9.69. The first-order valence-electron chi connectivity index (χ1n) is 21.3. The molecule has 1 aliphatic rings. The van der Waals surface area contributed by atoms with Crippen LogP contribution in [0, 0.1) is 0 Å². The van der Waals surface area contributed by atoms with Crippen molar-refractivity contribution in [3.05, 3.63) is 247 Å². The second kappa shape index (κ2) is 14.9. The summed E-state index contributed by atoms with van der Waals surface area (Å²) in [5.41, 5.74) is 12.2. The van der Waals surface area contributed by atoms with Crippen LogP contribution < -0.4 is 0 Å². The summed E-state index contributed by atoms with van der Waals surface area (Å²) in [6, 6.07) is 76.5. The number of hydrogen-bond acceptors (Lipinski definition) is 5. The molecule has 5 nitrogen and oxygen atoms in total. The third-order valence-electron chi connectivity index (χ3n) is 12.5. The molecule has 1 aliphatic carbocycles. The van der Waals surface area contributed by atoms with Gasteiger partial charge >= 0.3 is 0 Å². The first kappa shape index (κ1) is 36.4. The Balaban J connectivity index is 1.04. The van der Waals surface area contributed by atoms with E-state index in [0.29, 0.717) is 23.3 Å². The second-order valence-electron chi connectivity index (χ2n) is 15.9. The van der Waals surface area contributed by atoms with E-state index in [2.05, 4.69) is 158 Å². The fraction of sp³-hybridized carbons (Fsp3) is 0.0172. The predicted molar refractivity (Wildman–Crippen MR) is 255 cm³/mol. The zero-order valence-electron chi connectivity index (χ0n) is 34.1. The molecule has 2 heterocycles. The van der Waals surface area contributed by atoms with Crippen LogP contribution in [0.3, 0.4) is 0 Å². The van der Waals surface area contributed by atoms with Gasteiger partial charge in [-0.3, -0.25) is 0 Å². The predicted octanol–water partition coefficient (Wildman–Crippen LogP) is 13.7. The maximum Gasteiger partial charge on any atom is 0.164 e. The minimum absolute atomic E-state index is 0.623. The highest BCUT2D eigenvalue weighted by Crippen LogP contribution is 2.56. The molecule has 0 saturated carbocycles. The van der Waals surface area contributed by atoms with Crippen LogP contribution in [0.15, 0.2) is 225 Å². The summed E-state index contributed by atoms with van der Waals surface area (Å²) in [5.74, 6) is 2.60. The maximum atomic E-state index is 5.72. The summed E-state index contributed by atoms with van der Waals surface area (Å²) in [5, 5.41) is 4.43. The Kier molecular flexibility index (Phi) is 8.64. The quantitative estimate of drug-likeness (QED) is 0.150. The molecule has 294 valence electrons. The highest BCUT2D eigenvalue weighted by molar-refractivity contribution is 6.20. The van der Waals surface area contributed by atoms with Crippen LogP contribution in [0.5, 0.6) is 0 Å². The molecule has 2 aromatic heterocycles. The van der Waals surface area contributed by atoms with Gasteiger partial charge in [0.1, 0.15) is 0 Å². The van der Waals surface area contributed by atoms with Gasteiger partial charge in [-0.25, -0.2) is 24.9 Å². The number of hydrogen-bond donors (Lipinski definition) is 0. The number of nitrogens with zero attached hydrogens (tertiary/aromatic N) is 5. The van der Waals surface area contributed by atoms with E-state index in [1.165, 1.54) is 16.7 Å². The highest BCUT2D eigenvalue weighted by atomic mass is 15.0. The van der Waals surface area contributed by atoms with Crippen molar-refractivity contribution in [1.29, 1.82) is 0 Å². The van der Waals surface area contributed by atoms with Crippen molar-refractivity contribution in [3.8, 4) is 67.8 Å². The average molecular weight is 804 g/mol. The SMILES string of the molecule is c1ccc(-c2nc(-c3ccccc3)nc(-c3ccc(-c4c5ccccc5c(-c5ncc6c(n5)C(c5ccccc5)(c5ccccc5)c5ccccc5-6)c5ccccc45)cc3)n2)cc1. The number of fused-ring (bicyclic) bond motifs is 5. The summed E-state index contributed by atoms with van der Waals surface area (Å²) in [7, 11) is 0. The zero-order valence-corrected chi connectivity index (χ0v) is 34.1. The Hall–Kier alpha value is -8.41. The van der Waals surface area contributed by atoms with Crippen LogP contribution >= 0.6 is 0 Å². The van der Waals surface area contributed by atoms with Crippen molar-refractivity contribution < 1.29 is 0 Å². The molecule has 0 aliphatic heterocycles. The fourth-order valence-corrected chi connectivity index (χ4v) is 9.69. The topological polar surface area (TPSA) is 64.5 Å². The molecule has 11 aromatic rings. The minimum atomic E-state index is -0.637. The minimum Gasteiger partial charge on any atom is -0.236 e. The van der Waals surface area contributed by atoms with Crippen molar-refractivity contribution in [2.75, 3.05) is 0 Å². The van der Waals surface area contributed by atoms with Gasteiger partial charge in [-0.05, 0) is 54.9 Å². The van der Waals surface area contributed by atoms with Gasteiger partial charge in [-0.15, -0.1) is 0 Å². The Morgan fingerprint density at radius 1 is 0.286 bits per heavy atom. The van der Waals surface area contributed by atoms with Gasteiger partial charge in [0.05, 0.1) is 11.1 Å². The van der Waals surface area contributed by atoms with Gasteiger partial charge in [0.15, 0.2) is 23.3 Å². The number of rotatable bonds is 7. The van der Waals surface area contributed by atoms with Crippen LogP contribution in [-0.4, -0.2) is 24.9 Å². The van der Waals surface area contributed by atoms with Gasteiger partial charge in [0.2, 0.25) is 0 Å². The summed E-state index contributed by atoms with van der Waals surface area (Å²) < 4.78 is 0. The first-order valence-corrected chi connectivity index (χ1v) is 21.3. The third kappa shape index (κ3) is 5.89. The Bertz CT molecular complexity index is 3330. The van der Waals surface area contributed by atoms with Gasteiger partial charge in [-0.2, -0.15) is 0 Å². The molecule has 9 aromatic carbocycles. The maximum absolute atomic E-state index is 5.72. The molecule has 0 radical (unpaired) electrons. The van der Waals surface area contributed by atoms with E-state index in [1.807, 2.05) is 66.9 Å². The molecule has 5 heteroatoms. The Morgan fingerprint density at radius 2 is 0.683 bits per heavy atom. The van der Waals surface area contributed by atoms with Crippen LogP contribution in [0.25, 0.3) is 89.4 Å². The Labute approximate surface area is 365 Å². The molecule has 0 amide bonds. The molecule has 0 N–H and O–H groups in total. The zero-order chi connectivity index (χ0) is 41.7. The lowest BCUT2D eigenvalue weighted by atomic mass is 9.69. The van der Waals surface area contributed by atoms with E-state index >= 15 is 0 Å². The third-order valence-corrected chi connectivity index (χ3v) is 12.5. The van der Waals surface area contributed by atoms with Crippen LogP contribution in [0.4, 0.5) is 0 Å². The van der Waals surface area contributed by atoms with Crippen molar-refractivity contribution in [2.45, 2.75) is 5.41 Å². The van der Waals surface area contributed by atoms with E-state index in [9.17, 15) is 0 Å². The summed E-state index contributed by atoms with van der Waals surface area (Å²) in [4.78, 5) is 25.9. The van der Waals surface area contributed by atoms with Crippen molar-refractivity contribution in [1.82, 2.24) is 24.9 Å². The largest absolute Gasteiger partial charge is 0.236 e. The van der Waals surface area contributed by atoms with Crippen LogP contribution in [0.2, 0.25) is 0 Å². The molecule has 0 atom stereocenters. The lowest BCUT2D eigenvalue weighted by molar-refractivity contribution is 0.736. The standard InChI is InChI=1S/C58H37N5/c1-5-19-39(20-6-1)54-61-55(40-21-7-2-8-22-40)63-56(62-54)41-35-33-38(34-36-41)51-45-28-13-15-30-47(45)52(48-31-16-14-29-46(48)51)57-59-37-49-44-27-17-18-32-50(44)58(53(49)60-57,42-23-9-3-10-24-42)43-25-11-4-12-26-43/h1-37H. The highest BCUT2D eigenvalue weighted by Gasteiger charge is 2.48. The first-order chi connectivity index (χ1) is 31.3. The second-order valence-corrected chi connectivity index (χ2v) is 15.9. The van der Waals surface area contributed by atoms with E-state index in [-0.39, 0.29) is 0 Å². The number of aromatic nitrogens is 5. The van der Waals surface area contributed by atoms with Gasteiger partial charge in [-0.1, -0.05) is 218 Å². The van der Waals surface area contributed by atoms with Gasteiger partial charge < -0.3 is 0 Å². The summed E-state index contributed by atoms with van der Waals surface area (Å²) in [6.45, 7) is 0. The van der Waals surface area contributed by atoms with E-state index in [1.54, 1.807) is 0 Å². The molecule has 0 unspecified atom stereocenters. The molecule has 0 fully saturated rings. The molecular weight excluding hydrogens is 767 g/mol. The number of benzene rings is 9. The van der Waals surface area contributed by atoms with Crippen LogP contribution in [-0.2, 0) is 5.41 Å². The molecule has 0 spiro atoms. The molecular formula is C58H37N5. The van der Waals surface area contributed by atoms with Crippen molar-refractivity contribution in [3.63, 3.8) is 0 Å². The van der Waals surface area contributed by atoms with E-state index < -0.39 is 5.41 Å². The summed E-state index contributed by atoms with van der Waals surface area (Å²) in [6.07, 6.45) is 2.05.